The zero-order chi connectivity index (χ0) is 27.1. The largest absolute Gasteiger partial charge is 0.494 e. The minimum atomic E-state index is -0.552. The lowest BCUT2D eigenvalue weighted by Crippen LogP contribution is -2.21. The van der Waals surface area contributed by atoms with Crippen LogP contribution < -0.4 is 24.7 Å². The monoisotopic (exact) mass is 512 g/mol. The molecule has 38 heavy (non-hydrogen) atoms. The number of nitrogens with zero attached hydrogens (tertiary/aromatic N) is 1. The van der Waals surface area contributed by atoms with Gasteiger partial charge in [-0.05, 0) is 53.8 Å². The number of allylic oxidation sites excluding steroid dienone is 1. The van der Waals surface area contributed by atoms with Gasteiger partial charge in [-0.1, -0.05) is 57.5 Å². The zero-order valence-electron chi connectivity index (χ0n) is 21.9. The predicted octanol–water partition coefficient (Wildman–Crippen LogP) is 6.19. The fourth-order valence-electron chi connectivity index (χ4n) is 4.21. The first-order chi connectivity index (χ1) is 18.4. The van der Waals surface area contributed by atoms with Gasteiger partial charge in [0, 0.05) is 11.6 Å². The fraction of sp³-hybridized carbons (Fsp3) is 0.290. The molecule has 3 aromatic rings. The molecular formula is C31H32N2O5. The summed E-state index contributed by atoms with van der Waals surface area (Å²) in [5.74, 6) is 1.45. The molecule has 196 valence electrons. The quantitative estimate of drug-likeness (QED) is 0.196. The highest BCUT2D eigenvalue weighted by atomic mass is 16.6. The second-order valence-electron chi connectivity index (χ2n) is 9.39. The third-order valence-electron chi connectivity index (χ3n) is 6.28. The normalized spacial score (nSPS) is 14.3. The van der Waals surface area contributed by atoms with Crippen molar-refractivity contribution in [3.63, 3.8) is 0 Å². The van der Waals surface area contributed by atoms with Gasteiger partial charge in [-0.25, -0.2) is 4.79 Å². The number of unbranched alkanes of at least 4 members (excludes halogenated alkanes) is 1. The van der Waals surface area contributed by atoms with E-state index < -0.39 is 11.9 Å². The maximum absolute atomic E-state index is 12.4. The first-order valence-electron chi connectivity index (χ1n) is 12.8. The van der Waals surface area contributed by atoms with E-state index in [1.807, 2.05) is 48.5 Å². The van der Waals surface area contributed by atoms with E-state index >= 15 is 0 Å². The number of nitrogens with two attached hydrogens (primary N) is 1. The van der Waals surface area contributed by atoms with E-state index in [-0.39, 0.29) is 18.2 Å². The van der Waals surface area contributed by atoms with Gasteiger partial charge >= 0.3 is 5.97 Å². The molecule has 1 aliphatic heterocycles. The summed E-state index contributed by atoms with van der Waals surface area (Å²) in [6.07, 6.45) is 1.99. The van der Waals surface area contributed by atoms with E-state index in [9.17, 15) is 10.1 Å². The first kappa shape index (κ1) is 26.6. The lowest BCUT2D eigenvalue weighted by molar-refractivity contribution is -0.136. The molecule has 2 N–H and O–H groups in total. The summed E-state index contributed by atoms with van der Waals surface area (Å²) in [7, 11) is 0. The Hall–Kier alpha value is -4.44. The molecule has 7 heteroatoms. The highest BCUT2D eigenvalue weighted by Crippen LogP contribution is 2.44. The van der Waals surface area contributed by atoms with Crippen molar-refractivity contribution < 1.29 is 23.7 Å². The van der Waals surface area contributed by atoms with Crippen LogP contribution in [0.5, 0.6) is 23.0 Å². The Bertz CT molecular complexity index is 1360. The molecule has 0 spiro atoms. The van der Waals surface area contributed by atoms with Crippen LogP contribution in [0.2, 0.25) is 0 Å². The van der Waals surface area contributed by atoms with Gasteiger partial charge in [0.25, 0.3) is 0 Å². The van der Waals surface area contributed by atoms with E-state index in [4.69, 9.17) is 24.7 Å². The summed E-state index contributed by atoms with van der Waals surface area (Å²) in [5.41, 5.74) is 9.23. The van der Waals surface area contributed by atoms with Gasteiger partial charge in [0.1, 0.15) is 34.6 Å². The van der Waals surface area contributed by atoms with Crippen LogP contribution in [-0.4, -0.2) is 19.2 Å². The number of nitriles is 1. The molecule has 1 unspecified atom stereocenters. The highest BCUT2D eigenvalue weighted by Gasteiger charge is 2.31. The van der Waals surface area contributed by atoms with Crippen LogP contribution in [-0.2, 0) is 4.79 Å². The smallest absolute Gasteiger partial charge is 0.349 e. The summed E-state index contributed by atoms with van der Waals surface area (Å²) in [6.45, 7) is 6.71. The Morgan fingerprint density at radius 3 is 2.50 bits per heavy atom. The molecule has 0 aromatic heterocycles. The van der Waals surface area contributed by atoms with Crippen LogP contribution in [0.15, 0.2) is 78.2 Å². The van der Waals surface area contributed by atoms with E-state index in [1.54, 1.807) is 18.2 Å². The lowest BCUT2D eigenvalue weighted by Gasteiger charge is -2.27. The van der Waals surface area contributed by atoms with Crippen molar-refractivity contribution in [1.29, 1.82) is 5.26 Å². The Morgan fingerprint density at radius 1 is 1.03 bits per heavy atom. The molecule has 0 saturated carbocycles. The van der Waals surface area contributed by atoms with Gasteiger partial charge in [0.15, 0.2) is 6.61 Å². The molecule has 0 amide bonds. The molecule has 0 bridgehead atoms. The van der Waals surface area contributed by atoms with Crippen molar-refractivity contribution in [3.05, 3.63) is 94.9 Å². The van der Waals surface area contributed by atoms with E-state index in [2.05, 4.69) is 26.8 Å². The average Bonchev–Trinajstić information content (AvgIpc) is 2.91. The summed E-state index contributed by atoms with van der Waals surface area (Å²) < 4.78 is 22.7. The highest BCUT2D eigenvalue weighted by molar-refractivity contribution is 5.74. The second-order valence-corrected chi connectivity index (χ2v) is 9.39. The van der Waals surface area contributed by atoms with Gasteiger partial charge in [0.05, 0.1) is 12.5 Å². The maximum atomic E-state index is 12.4. The number of hydrogen-bond acceptors (Lipinski definition) is 7. The van der Waals surface area contributed by atoms with Gasteiger partial charge in [-0.15, -0.1) is 0 Å². The number of carbonyl (C=O) groups excluding carboxylic acids is 1. The molecule has 0 aliphatic carbocycles. The molecule has 0 saturated heterocycles. The molecule has 4 rings (SSSR count). The summed E-state index contributed by atoms with van der Waals surface area (Å²) in [6, 6.07) is 22.5. The third-order valence-corrected chi connectivity index (χ3v) is 6.28. The Balaban J connectivity index is 1.49. The van der Waals surface area contributed by atoms with Crippen LogP contribution in [0.3, 0.4) is 0 Å². The van der Waals surface area contributed by atoms with Crippen molar-refractivity contribution in [2.24, 2.45) is 5.73 Å². The lowest BCUT2D eigenvalue weighted by atomic mass is 9.83. The Morgan fingerprint density at radius 2 is 1.79 bits per heavy atom. The number of benzene rings is 3. The van der Waals surface area contributed by atoms with Crippen LogP contribution in [0.4, 0.5) is 0 Å². The molecule has 1 atom stereocenters. The number of esters is 1. The minimum absolute atomic E-state index is 0.0129. The SMILES string of the molecule is CCCCOc1cccc(C2C(C#N)=C(N)Oc3cc(OC(=O)COc4ccc(C(C)C)cc4)ccc32)c1. The van der Waals surface area contributed by atoms with E-state index in [0.29, 0.717) is 29.6 Å². The molecule has 7 nitrogen and oxygen atoms in total. The van der Waals surface area contributed by atoms with Gasteiger partial charge in [-0.3, -0.25) is 0 Å². The molecular weight excluding hydrogens is 480 g/mol. The maximum Gasteiger partial charge on any atom is 0.349 e. The third kappa shape index (κ3) is 6.27. The van der Waals surface area contributed by atoms with E-state index in [1.165, 1.54) is 5.56 Å². The van der Waals surface area contributed by atoms with Gasteiger partial charge in [0.2, 0.25) is 5.88 Å². The topological polar surface area (TPSA) is 104 Å². The zero-order valence-corrected chi connectivity index (χ0v) is 21.9. The number of hydrogen-bond donors (Lipinski definition) is 1. The van der Waals surface area contributed by atoms with E-state index in [0.717, 1.165) is 29.7 Å². The summed E-state index contributed by atoms with van der Waals surface area (Å²) in [5, 5.41) is 9.85. The first-order valence-corrected chi connectivity index (χ1v) is 12.8. The van der Waals surface area contributed by atoms with Gasteiger partial charge in [-0.2, -0.15) is 5.26 Å². The van der Waals surface area contributed by atoms with Crippen molar-refractivity contribution in [1.82, 2.24) is 0 Å². The van der Waals surface area contributed by atoms with Crippen LogP contribution in [0.25, 0.3) is 0 Å². The molecule has 0 radical (unpaired) electrons. The van der Waals surface area contributed by atoms with Crippen LogP contribution in [0.1, 0.15) is 62.1 Å². The predicted molar refractivity (Wildman–Crippen MR) is 144 cm³/mol. The standard InChI is InChI=1S/C31H32N2O5/c1-4-5-15-35-24-8-6-7-22(16-24)30-26-14-13-25(17-28(26)38-31(33)27(30)18-32)37-29(34)19-36-23-11-9-21(10-12-23)20(2)3/h6-14,16-17,20,30H,4-5,15,19,33H2,1-3H3. The summed E-state index contributed by atoms with van der Waals surface area (Å²) >= 11 is 0. The number of rotatable bonds is 10. The Labute approximate surface area is 223 Å². The van der Waals surface area contributed by atoms with Gasteiger partial charge < -0.3 is 24.7 Å². The average molecular weight is 513 g/mol. The molecule has 1 aliphatic rings. The second kappa shape index (κ2) is 12.2. The van der Waals surface area contributed by atoms with Crippen molar-refractivity contribution >= 4 is 5.97 Å². The number of carbonyl (C=O) groups is 1. The number of fused-ring (bicyclic) bond motifs is 1. The van der Waals surface area contributed by atoms with Crippen molar-refractivity contribution in [2.45, 2.75) is 45.4 Å². The number of ether oxygens (including phenoxy) is 4. The molecule has 1 heterocycles. The van der Waals surface area contributed by atoms with Crippen LogP contribution in [0, 0.1) is 11.3 Å². The van der Waals surface area contributed by atoms with Crippen LogP contribution >= 0.6 is 0 Å². The fourth-order valence-corrected chi connectivity index (χ4v) is 4.21. The minimum Gasteiger partial charge on any atom is -0.494 e. The Kier molecular flexibility index (Phi) is 8.55. The molecule has 0 fully saturated rings. The summed E-state index contributed by atoms with van der Waals surface area (Å²) in [4.78, 5) is 12.4. The molecule has 3 aromatic carbocycles. The van der Waals surface area contributed by atoms with Crippen molar-refractivity contribution in [3.8, 4) is 29.1 Å². The van der Waals surface area contributed by atoms with Crippen molar-refractivity contribution in [2.75, 3.05) is 13.2 Å².